The van der Waals surface area contributed by atoms with Crippen LogP contribution >= 0.6 is 0 Å². The highest BCUT2D eigenvalue weighted by molar-refractivity contribution is 5.43. The van der Waals surface area contributed by atoms with E-state index < -0.39 is 0 Å². The Bertz CT molecular complexity index is 1050. The maximum atomic E-state index is 6.01. The molecular formula is C27H27N3O2. The van der Waals surface area contributed by atoms with Crippen molar-refractivity contribution in [1.82, 2.24) is 14.9 Å². The monoisotopic (exact) mass is 425 g/mol. The van der Waals surface area contributed by atoms with Crippen LogP contribution in [0.2, 0.25) is 0 Å². The van der Waals surface area contributed by atoms with Crippen molar-refractivity contribution in [3.05, 3.63) is 120 Å². The van der Waals surface area contributed by atoms with E-state index in [0.717, 1.165) is 53.6 Å². The maximum Gasteiger partial charge on any atom is 0.161 e. The van der Waals surface area contributed by atoms with Gasteiger partial charge in [-0.05, 0) is 47.5 Å². The standard InChI is InChI=1S/C27H27N3O2/c1-31-27-17-23(13-14-26(27)32-21-22-9-3-2-4-10-22)18-30(19-24-11-5-7-15-28-24)20-25-12-6-8-16-29-25/h2-17H,18-21H2,1H3. The summed E-state index contributed by atoms with van der Waals surface area (Å²) in [7, 11) is 1.67. The van der Waals surface area contributed by atoms with Gasteiger partial charge in [0.1, 0.15) is 6.61 Å². The molecule has 32 heavy (non-hydrogen) atoms. The molecule has 0 aliphatic rings. The molecule has 0 aliphatic carbocycles. The fourth-order valence-electron chi connectivity index (χ4n) is 3.53. The van der Waals surface area contributed by atoms with Crippen LogP contribution in [0, 0.1) is 0 Å². The van der Waals surface area contributed by atoms with Gasteiger partial charge in [0.15, 0.2) is 11.5 Å². The SMILES string of the molecule is COc1cc(CN(Cc2ccccn2)Cc2ccccn2)ccc1OCc1ccccc1. The minimum Gasteiger partial charge on any atom is -0.493 e. The number of methoxy groups -OCH3 is 1. The molecule has 4 rings (SSSR count). The zero-order valence-corrected chi connectivity index (χ0v) is 18.2. The van der Waals surface area contributed by atoms with E-state index in [1.165, 1.54) is 0 Å². The number of rotatable bonds is 10. The third kappa shape index (κ3) is 6.15. The van der Waals surface area contributed by atoms with Gasteiger partial charge in [-0.2, -0.15) is 0 Å². The summed E-state index contributed by atoms with van der Waals surface area (Å²) in [6.07, 6.45) is 3.66. The van der Waals surface area contributed by atoms with Crippen molar-refractivity contribution in [3.8, 4) is 11.5 Å². The summed E-state index contributed by atoms with van der Waals surface area (Å²) in [5, 5.41) is 0. The number of pyridine rings is 2. The average Bonchev–Trinajstić information content (AvgIpc) is 2.85. The van der Waals surface area contributed by atoms with Crippen molar-refractivity contribution in [3.63, 3.8) is 0 Å². The molecule has 5 nitrogen and oxygen atoms in total. The van der Waals surface area contributed by atoms with Crippen LogP contribution in [0.1, 0.15) is 22.5 Å². The third-order valence-electron chi connectivity index (χ3n) is 5.09. The Kier molecular flexibility index (Phi) is 7.45. The van der Waals surface area contributed by atoms with Gasteiger partial charge in [0, 0.05) is 32.0 Å². The molecule has 0 aliphatic heterocycles. The molecule has 2 aromatic heterocycles. The Hall–Kier alpha value is -3.70. The zero-order valence-electron chi connectivity index (χ0n) is 18.2. The van der Waals surface area contributed by atoms with Crippen LogP contribution in [0.4, 0.5) is 0 Å². The Balaban J connectivity index is 1.49. The second-order valence-corrected chi connectivity index (χ2v) is 7.55. The van der Waals surface area contributed by atoms with Crippen molar-refractivity contribution in [1.29, 1.82) is 0 Å². The first-order chi connectivity index (χ1) is 15.8. The van der Waals surface area contributed by atoms with Crippen molar-refractivity contribution in [2.75, 3.05) is 7.11 Å². The summed E-state index contributed by atoms with van der Waals surface area (Å²) in [6, 6.07) is 28.2. The van der Waals surface area contributed by atoms with Crippen LogP contribution in [-0.2, 0) is 26.2 Å². The predicted molar refractivity (Wildman–Crippen MR) is 125 cm³/mol. The van der Waals surface area contributed by atoms with Gasteiger partial charge in [-0.25, -0.2) is 0 Å². The van der Waals surface area contributed by atoms with Gasteiger partial charge in [0.2, 0.25) is 0 Å². The largest absolute Gasteiger partial charge is 0.493 e. The van der Waals surface area contributed by atoms with Gasteiger partial charge in [0.05, 0.1) is 18.5 Å². The average molecular weight is 426 g/mol. The van der Waals surface area contributed by atoms with Crippen LogP contribution in [0.15, 0.2) is 97.3 Å². The number of hydrogen-bond acceptors (Lipinski definition) is 5. The van der Waals surface area contributed by atoms with E-state index in [9.17, 15) is 0 Å². The highest BCUT2D eigenvalue weighted by atomic mass is 16.5. The molecule has 0 atom stereocenters. The Morgan fingerprint density at radius 2 is 1.31 bits per heavy atom. The molecule has 0 fully saturated rings. The summed E-state index contributed by atoms with van der Waals surface area (Å²) in [4.78, 5) is 11.3. The summed E-state index contributed by atoms with van der Waals surface area (Å²) < 4.78 is 11.6. The fraction of sp³-hybridized carbons (Fsp3) is 0.185. The second kappa shape index (κ2) is 11.1. The topological polar surface area (TPSA) is 47.5 Å². The third-order valence-corrected chi connectivity index (χ3v) is 5.09. The van der Waals surface area contributed by atoms with E-state index in [-0.39, 0.29) is 0 Å². The predicted octanol–water partition coefficient (Wildman–Crippen LogP) is 5.27. The lowest BCUT2D eigenvalue weighted by molar-refractivity contribution is 0.240. The molecule has 2 aromatic carbocycles. The van der Waals surface area contributed by atoms with Gasteiger partial charge in [0.25, 0.3) is 0 Å². The van der Waals surface area contributed by atoms with E-state index in [0.29, 0.717) is 6.61 Å². The van der Waals surface area contributed by atoms with Crippen LogP contribution in [0.3, 0.4) is 0 Å². The van der Waals surface area contributed by atoms with Crippen molar-refractivity contribution in [2.24, 2.45) is 0 Å². The fourth-order valence-corrected chi connectivity index (χ4v) is 3.53. The molecule has 0 amide bonds. The number of ether oxygens (including phenoxy) is 2. The molecule has 0 radical (unpaired) electrons. The highest BCUT2D eigenvalue weighted by Gasteiger charge is 2.12. The molecular weight excluding hydrogens is 398 g/mol. The van der Waals surface area contributed by atoms with E-state index in [1.54, 1.807) is 7.11 Å². The van der Waals surface area contributed by atoms with Gasteiger partial charge in [-0.1, -0.05) is 48.5 Å². The zero-order chi connectivity index (χ0) is 22.0. The smallest absolute Gasteiger partial charge is 0.161 e. The summed E-state index contributed by atoms with van der Waals surface area (Å²) >= 11 is 0. The van der Waals surface area contributed by atoms with Crippen LogP contribution < -0.4 is 9.47 Å². The molecule has 0 bridgehead atoms. The highest BCUT2D eigenvalue weighted by Crippen LogP contribution is 2.29. The molecule has 0 N–H and O–H groups in total. The summed E-state index contributed by atoms with van der Waals surface area (Å²) in [5.74, 6) is 1.47. The van der Waals surface area contributed by atoms with Crippen LogP contribution in [0.25, 0.3) is 0 Å². The van der Waals surface area contributed by atoms with Crippen molar-refractivity contribution in [2.45, 2.75) is 26.2 Å². The molecule has 4 aromatic rings. The van der Waals surface area contributed by atoms with Gasteiger partial charge in [-0.15, -0.1) is 0 Å². The summed E-state index contributed by atoms with van der Waals surface area (Å²) in [5.41, 5.74) is 4.31. The minimum absolute atomic E-state index is 0.502. The molecule has 0 saturated heterocycles. The summed E-state index contributed by atoms with van der Waals surface area (Å²) in [6.45, 7) is 2.70. The molecule has 5 heteroatoms. The quantitative estimate of drug-likeness (QED) is 0.347. The van der Waals surface area contributed by atoms with Crippen molar-refractivity contribution >= 4 is 0 Å². The normalized spacial score (nSPS) is 10.8. The number of nitrogens with zero attached hydrogens (tertiary/aromatic N) is 3. The molecule has 0 spiro atoms. The lowest BCUT2D eigenvalue weighted by atomic mass is 10.1. The molecule has 0 saturated carbocycles. The maximum absolute atomic E-state index is 6.01. The Labute approximate surface area is 189 Å². The van der Waals surface area contributed by atoms with Crippen LogP contribution in [0.5, 0.6) is 11.5 Å². The molecule has 162 valence electrons. The Morgan fingerprint density at radius 3 is 1.91 bits per heavy atom. The van der Waals surface area contributed by atoms with Gasteiger partial charge in [-0.3, -0.25) is 14.9 Å². The molecule has 0 unspecified atom stereocenters. The van der Waals surface area contributed by atoms with Gasteiger partial charge < -0.3 is 9.47 Å². The lowest BCUT2D eigenvalue weighted by Gasteiger charge is -2.22. The van der Waals surface area contributed by atoms with E-state index >= 15 is 0 Å². The lowest BCUT2D eigenvalue weighted by Crippen LogP contribution is -2.23. The number of hydrogen-bond donors (Lipinski definition) is 0. The number of aromatic nitrogens is 2. The first-order valence-electron chi connectivity index (χ1n) is 10.7. The van der Waals surface area contributed by atoms with E-state index in [1.807, 2.05) is 91.3 Å². The Morgan fingerprint density at radius 1 is 0.656 bits per heavy atom. The first-order valence-corrected chi connectivity index (χ1v) is 10.7. The first kappa shape index (κ1) is 21.5. The van der Waals surface area contributed by atoms with Gasteiger partial charge >= 0.3 is 0 Å². The van der Waals surface area contributed by atoms with Crippen molar-refractivity contribution < 1.29 is 9.47 Å². The van der Waals surface area contributed by atoms with E-state index in [4.69, 9.17) is 9.47 Å². The second-order valence-electron chi connectivity index (χ2n) is 7.55. The minimum atomic E-state index is 0.502. The van der Waals surface area contributed by atoms with Crippen LogP contribution in [-0.4, -0.2) is 22.0 Å². The number of benzene rings is 2. The molecule has 2 heterocycles. The van der Waals surface area contributed by atoms with E-state index in [2.05, 4.69) is 20.9 Å².